The van der Waals surface area contributed by atoms with Crippen molar-refractivity contribution in [1.82, 2.24) is 5.43 Å². The Morgan fingerprint density at radius 2 is 1.78 bits per heavy atom. The predicted molar refractivity (Wildman–Crippen MR) is 104 cm³/mol. The van der Waals surface area contributed by atoms with E-state index in [1.165, 1.54) is 30.8 Å². The molecule has 0 fully saturated rings. The molecule has 0 aliphatic heterocycles. The van der Waals surface area contributed by atoms with E-state index < -0.39 is 0 Å². The Morgan fingerprint density at radius 3 is 2.30 bits per heavy atom. The second-order valence-corrected chi connectivity index (χ2v) is 6.13. The lowest BCUT2D eigenvalue weighted by molar-refractivity contribution is -0.109. The average Bonchev–Trinajstić information content (AvgIpc) is 2.59. The third kappa shape index (κ3) is 12.6. The van der Waals surface area contributed by atoms with Gasteiger partial charge in [-0.3, -0.25) is 10.2 Å². The standard InChI is InChI=1S/C16H26N2S.CH4N2O/c1-4-5-12-19-13-6-7-14(2)18-16-10-8-15(17-3)9-11-16;2-3-1-4/h8-11,17-18H,2,4-7,12-13H2,1,3H3;1H,2H2,(H,3,4). The predicted octanol–water partition coefficient (Wildman–Crippen LogP) is 3.57. The van der Waals surface area contributed by atoms with E-state index in [2.05, 4.69) is 66.0 Å². The molecule has 5 nitrogen and oxygen atoms in total. The van der Waals surface area contributed by atoms with Crippen molar-refractivity contribution >= 4 is 29.5 Å². The van der Waals surface area contributed by atoms with Gasteiger partial charge in [-0.1, -0.05) is 19.9 Å². The highest BCUT2D eigenvalue weighted by Crippen LogP contribution is 2.17. The highest BCUT2D eigenvalue weighted by Gasteiger charge is 1.97. The molecule has 23 heavy (non-hydrogen) atoms. The third-order valence-corrected chi connectivity index (χ3v) is 4.13. The Balaban J connectivity index is 0.00000108. The van der Waals surface area contributed by atoms with Gasteiger partial charge in [0.15, 0.2) is 0 Å². The summed E-state index contributed by atoms with van der Waals surface area (Å²) in [5, 5.41) is 6.48. The fourth-order valence-electron chi connectivity index (χ4n) is 1.72. The third-order valence-electron chi connectivity index (χ3n) is 2.97. The molecule has 0 saturated carbocycles. The van der Waals surface area contributed by atoms with E-state index >= 15 is 0 Å². The van der Waals surface area contributed by atoms with Crippen LogP contribution in [0.3, 0.4) is 0 Å². The van der Waals surface area contributed by atoms with E-state index in [0.29, 0.717) is 6.41 Å². The summed E-state index contributed by atoms with van der Waals surface area (Å²) in [7, 11) is 1.93. The molecule has 1 amide bonds. The largest absolute Gasteiger partial charge is 0.388 e. The number of benzene rings is 1. The molecule has 0 radical (unpaired) electrons. The van der Waals surface area contributed by atoms with Crippen LogP contribution in [-0.4, -0.2) is 25.0 Å². The average molecular weight is 339 g/mol. The highest BCUT2D eigenvalue weighted by atomic mass is 32.2. The van der Waals surface area contributed by atoms with Gasteiger partial charge in [0.2, 0.25) is 6.41 Å². The molecule has 0 saturated heterocycles. The summed E-state index contributed by atoms with van der Waals surface area (Å²) in [6.45, 7) is 6.33. The van der Waals surface area contributed by atoms with Crippen molar-refractivity contribution in [1.29, 1.82) is 0 Å². The van der Waals surface area contributed by atoms with Crippen LogP contribution in [-0.2, 0) is 4.79 Å². The van der Waals surface area contributed by atoms with Crippen LogP contribution in [0.1, 0.15) is 32.6 Å². The topological polar surface area (TPSA) is 79.2 Å². The molecule has 1 aromatic rings. The van der Waals surface area contributed by atoms with Gasteiger partial charge in [-0.2, -0.15) is 11.8 Å². The van der Waals surface area contributed by atoms with Gasteiger partial charge in [-0.05, 0) is 55.0 Å². The molecule has 6 heteroatoms. The van der Waals surface area contributed by atoms with E-state index in [1.54, 1.807) is 5.43 Å². The van der Waals surface area contributed by atoms with Crippen LogP contribution in [0.15, 0.2) is 36.5 Å². The van der Waals surface area contributed by atoms with Gasteiger partial charge < -0.3 is 10.6 Å². The second kappa shape index (κ2) is 15.2. The van der Waals surface area contributed by atoms with E-state index in [1.807, 2.05) is 7.05 Å². The minimum Gasteiger partial charge on any atom is -0.388 e. The van der Waals surface area contributed by atoms with E-state index in [-0.39, 0.29) is 0 Å². The molecular formula is C17H30N4OS. The summed E-state index contributed by atoms with van der Waals surface area (Å²) in [6.07, 6.45) is 5.28. The fourth-order valence-corrected chi connectivity index (χ4v) is 2.77. The van der Waals surface area contributed by atoms with Crippen molar-refractivity contribution in [3.05, 3.63) is 36.5 Å². The molecule has 5 N–H and O–H groups in total. The number of rotatable bonds is 11. The first-order chi connectivity index (χ1) is 11.2. The lowest BCUT2D eigenvalue weighted by atomic mass is 10.2. The van der Waals surface area contributed by atoms with Crippen LogP contribution in [0.5, 0.6) is 0 Å². The van der Waals surface area contributed by atoms with Gasteiger partial charge in [-0.25, -0.2) is 5.84 Å². The van der Waals surface area contributed by atoms with Gasteiger partial charge in [0, 0.05) is 24.1 Å². The zero-order valence-corrected chi connectivity index (χ0v) is 15.0. The number of hydrazine groups is 1. The molecule has 0 bridgehead atoms. The van der Waals surface area contributed by atoms with Crippen LogP contribution >= 0.6 is 11.8 Å². The maximum Gasteiger partial charge on any atom is 0.221 e. The van der Waals surface area contributed by atoms with E-state index in [9.17, 15) is 0 Å². The van der Waals surface area contributed by atoms with Crippen molar-refractivity contribution in [2.24, 2.45) is 5.84 Å². The van der Waals surface area contributed by atoms with Crippen molar-refractivity contribution in [3.8, 4) is 0 Å². The molecular weight excluding hydrogens is 308 g/mol. The van der Waals surface area contributed by atoms with Crippen LogP contribution < -0.4 is 21.9 Å². The number of hydrogen-bond acceptors (Lipinski definition) is 5. The lowest BCUT2D eigenvalue weighted by Gasteiger charge is -2.10. The summed E-state index contributed by atoms with van der Waals surface area (Å²) >= 11 is 2.05. The molecule has 0 unspecified atom stereocenters. The molecule has 0 atom stereocenters. The quantitative estimate of drug-likeness (QED) is 0.163. The number of amides is 1. The minimum absolute atomic E-state index is 0.403. The van der Waals surface area contributed by atoms with Gasteiger partial charge in [0.25, 0.3) is 0 Å². The second-order valence-electron chi connectivity index (χ2n) is 4.91. The van der Waals surface area contributed by atoms with Gasteiger partial charge >= 0.3 is 0 Å². The molecule has 0 aromatic heterocycles. The Morgan fingerprint density at radius 1 is 1.22 bits per heavy atom. The summed E-state index contributed by atoms with van der Waals surface area (Å²) < 4.78 is 0. The Bertz CT molecular complexity index is 423. The van der Waals surface area contributed by atoms with Crippen molar-refractivity contribution < 1.29 is 4.79 Å². The number of carbonyl (C=O) groups is 1. The number of nitrogens with one attached hydrogen (secondary N) is 3. The maximum absolute atomic E-state index is 8.94. The first-order valence-electron chi connectivity index (χ1n) is 7.88. The van der Waals surface area contributed by atoms with Crippen molar-refractivity contribution in [2.75, 3.05) is 29.2 Å². The number of unbranched alkanes of at least 4 members (excludes halogenated alkanes) is 1. The number of thioether (sulfide) groups is 1. The Labute approximate surface area is 144 Å². The minimum atomic E-state index is 0.403. The zero-order chi connectivity index (χ0) is 17.3. The van der Waals surface area contributed by atoms with Crippen LogP contribution in [0.2, 0.25) is 0 Å². The fraction of sp³-hybridized carbons (Fsp3) is 0.471. The molecule has 0 aliphatic carbocycles. The number of nitrogens with two attached hydrogens (primary N) is 1. The first kappa shape index (κ1) is 21.3. The summed E-state index contributed by atoms with van der Waals surface area (Å²) in [5.74, 6) is 6.94. The highest BCUT2D eigenvalue weighted by molar-refractivity contribution is 7.99. The number of hydrogen-bond donors (Lipinski definition) is 4. The van der Waals surface area contributed by atoms with Crippen molar-refractivity contribution in [3.63, 3.8) is 0 Å². The van der Waals surface area contributed by atoms with Gasteiger partial charge in [0.05, 0.1) is 0 Å². The summed E-state index contributed by atoms with van der Waals surface area (Å²) in [6, 6.07) is 8.28. The molecule has 0 heterocycles. The Kier molecular flexibility index (Phi) is 14.1. The van der Waals surface area contributed by atoms with Crippen LogP contribution in [0.4, 0.5) is 11.4 Å². The smallest absolute Gasteiger partial charge is 0.221 e. The lowest BCUT2D eigenvalue weighted by Crippen LogP contribution is -2.18. The Hall–Kier alpha value is -1.66. The molecule has 130 valence electrons. The number of anilines is 2. The monoisotopic (exact) mass is 338 g/mol. The van der Waals surface area contributed by atoms with E-state index in [0.717, 1.165) is 23.5 Å². The normalized spacial score (nSPS) is 9.35. The van der Waals surface area contributed by atoms with Crippen LogP contribution in [0.25, 0.3) is 0 Å². The number of carbonyl (C=O) groups excluding carboxylic acids is 1. The zero-order valence-electron chi connectivity index (χ0n) is 14.2. The SMILES string of the molecule is C=C(CCCSCCCC)Nc1ccc(NC)cc1.NNC=O. The molecule has 1 aromatic carbocycles. The molecule has 1 rings (SSSR count). The maximum atomic E-state index is 8.94. The van der Waals surface area contributed by atoms with Crippen LogP contribution in [0, 0.1) is 0 Å². The van der Waals surface area contributed by atoms with Gasteiger partial charge in [0.1, 0.15) is 0 Å². The first-order valence-corrected chi connectivity index (χ1v) is 9.03. The van der Waals surface area contributed by atoms with E-state index in [4.69, 9.17) is 4.79 Å². The summed E-state index contributed by atoms with van der Waals surface area (Å²) in [5.41, 5.74) is 5.10. The number of allylic oxidation sites excluding steroid dienone is 1. The van der Waals surface area contributed by atoms with Gasteiger partial charge in [-0.15, -0.1) is 0 Å². The van der Waals surface area contributed by atoms with Crippen molar-refractivity contribution in [2.45, 2.75) is 32.6 Å². The molecule has 0 spiro atoms. The summed E-state index contributed by atoms with van der Waals surface area (Å²) in [4.78, 5) is 8.94. The molecule has 0 aliphatic rings.